The summed E-state index contributed by atoms with van der Waals surface area (Å²) in [6.07, 6.45) is 6.52. The number of hydrogen-bond acceptors (Lipinski definition) is 9. The number of aromatic nitrogens is 1. The Morgan fingerprint density at radius 2 is 1.69 bits per heavy atom. The van der Waals surface area contributed by atoms with E-state index in [1.165, 1.54) is 0 Å². The van der Waals surface area contributed by atoms with E-state index in [-0.39, 0.29) is 46.8 Å². The molecule has 0 saturated carbocycles. The van der Waals surface area contributed by atoms with Gasteiger partial charge in [-0.15, -0.1) is 5.11 Å². The molecule has 3 rings (SSSR count). The minimum Gasteiger partial charge on any atom is -0.494 e. The Morgan fingerprint density at radius 3 is 2.33 bits per heavy atom. The molecule has 258 valence electrons. The molecule has 48 heavy (non-hydrogen) atoms. The van der Waals surface area contributed by atoms with Crippen LogP contribution in [0.1, 0.15) is 88.6 Å². The fraction of sp³-hybridized carbons (Fsp3) is 0.486. The number of aromatic amines is 1. The lowest BCUT2D eigenvalue weighted by Crippen LogP contribution is -2.54. The number of hydrogen-bond donors (Lipinski definition) is 5. The van der Waals surface area contributed by atoms with Crippen molar-refractivity contribution in [2.24, 2.45) is 27.6 Å². The Labute approximate surface area is 284 Å². The van der Waals surface area contributed by atoms with Crippen LogP contribution in [-0.2, 0) is 0 Å². The molecular weight excluding hydrogens is 604 g/mol. The molecule has 3 aromatic rings. The Morgan fingerprint density at radius 1 is 0.979 bits per heavy atom. The van der Waals surface area contributed by atoms with Gasteiger partial charge in [0, 0.05) is 42.3 Å². The number of H-pyrrole nitrogens is 1. The van der Waals surface area contributed by atoms with Crippen LogP contribution in [0.15, 0.2) is 69.6 Å². The average Bonchev–Trinajstić information content (AvgIpc) is 3.09. The van der Waals surface area contributed by atoms with Gasteiger partial charge in [-0.1, -0.05) is 89.8 Å². The number of carbonyl (C=O) groups excluding carboxylic acids is 1. The molecule has 0 fully saturated rings. The van der Waals surface area contributed by atoms with Gasteiger partial charge in [-0.05, 0) is 55.5 Å². The number of nitrogens with zero attached hydrogens (tertiary/aromatic N) is 4. The van der Waals surface area contributed by atoms with Crippen LogP contribution in [0.25, 0.3) is 11.1 Å². The average molecular weight is 657 g/mol. The van der Waals surface area contributed by atoms with Crippen molar-refractivity contribution in [1.29, 1.82) is 5.26 Å². The van der Waals surface area contributed by atoms with Gasteiger partial charge >= 0.3 is 0 Å². The van der Waals surface area contributed by atoms with Crippen molar-refractivity contribution in [3.63, 3.8) is 0 Å². The largest absolute Gasteiger partial charge is 0.494 e. The van der Waals surface area contributed by atoms with E-state index in [9.17, 15) is 20.0 Å². The Kier molecular flexibility index (Phi) is 15.4. The van der Waals surface area contributed by atoms with Crippen LogP contribution in [0.3, 0.4) is 0 Å². The molecule has 0 spiro atoms. The van der Waals surface area contributed by atoms with Crippen molar-refractivity contribution in [2.45, 2.75) is 90.8 Å². The van der Waals surface area contributed by atoms with Gasteiger partial charge in [-0.2, -0.15) is 10.4 Å². The van der Waals surface area contributed by atoms with E-state index < -0.39 is 11.4 Å². The standard InChI is InChI=1S/C37H52N8O3/c1-5-9-20-41-32(31(40)15-7-3)24-45(23-25(8-4)30(39)14-6-2)37(48)27-18-13-19-28(21-27)43-44-34-33(26-16-11-10-12-17-26)29(22-38)35(46)42-36(34)47/h10-13,16-19,21,25,30-32,41H,5-9,14-15,20,23-24,39-40H2,1-4H3,(H2,42,46,47). The lowest BCUT2D eigenvalue weighted by atomic mass is 9.92. The van der Waals surface area contributed by atoms with Gasteiger partial charge in [0.15, 0.2) is 5.69 Å². The van der Waals surface area contributed by atoms with Crippen LogP contribution < -0.4 is 22.3 Å². The minimum absolute atomic E-state index is 0.0354. The van der Waals surface area contributed by atoms with Crippen LogP contribution in [0.4, 0.5) is 11.4 Å². The summed E-state index contributed by atoms with van der Waals surface area (Å²) in [5.41, 5.74) is 13.8. The van der Waals surface area contributed by atoms with E-state index in [0.717, 1.165) is 51.5 Å². The fourth-order valence-corrected chi connectivity index (χ4v) is 5.91. The summed E-state index contributed by atoms with van der Waals surface area (Å²) in [5, 5.41) is 32.3. The number of nitriles is 1. The zero-order valence-electron chi connectivity index (χ0n) is 28.8. The normalized spacial score (nSPS) is 13.9. The highest BCUT2D eigenvalue weighted by Crippen LogP contribution is 2.35. The second-order valence-electron chi connectivity index (χ2n) is 12.3. The van der Waals surface area contributed by atoms with E-state index in [0.29, 0.717) is 29.9 Å². The molecule has 1 heterocycles. The fourth-order valence-electron chi connectivity index (χ4n) is 5.91. The van der Waals surface area contributed by atoms with Crippen molar-refractivity contribution in [3.05, 3.63) is 76.1 Å². The Balaban J connectivity index is 2.01. The van der Waals surface area contributed by atoms with Crippen molar-refractivity contribution in [3.8, 4) is 23.1 Å². The second kappa shape index (κ2) is 19.5. The molecule has 0 aliphatic carbocycles. The third kappa shape index (κ3) is 10.3. The topological polar surface area (TPSA) is 186 Å². The molecule has 11 heteroatoms. The molecular formula is C37H52N8O3. The summed E-state index contributed by atoms with van der Waals surface area (Å²) in [7, 11) is 0. The predicted octanol–water partition coefficient (Wildman–Crippen LogP) is 6.52. The molecule has 1 aromatic heterocycles. The molecule has 2 aromatic carbocycles. The van der Waals surface area contributed by atoms with E-state index in [2.05, 4.69) is 48.2 Å². The third-order valence-electron chi connectivity index (χ3n) is 8.69. The molecule has 0 aliphatic rings. The van der Waals surface area contributed by atoms with Gasteiger partial charge in [-0.3, -0.25) is 14.6 Å². The zero-order chi connectivity index (χ0) is 35.1. The van der Waals surface area contributed by atoms with Crippen LogP contribution in [-0.4, -0.2) is 58.7 Å². The number of carbonyl (C=O) groups is 1. The monoisotopic (exact) mass is 656 g/mol. The second-order valence-corrected chi connectivity index (χ2v) is 12.3. The number of rotatable bonds is 19. The molecule has 11 nitrogen and oxygen atoms in total. The van der Waals surface area contributed by atoms with Gasteiger partial charge in [0.1, 0.15) is 11.6 Å². The molecule has 0 radical (unpaired) electrons. The smallest absolute Gasteiger partial charge is 0.279 e. The van der Waals surface area contributed by atoms with Gasteiger partial charge in [0.25, 0.3) is 11.5 Å². The van der Waals surface area contributed by atoms with E-state index in [4.69, 9.17) is 11.5 Å². The maximum absolute atomic E-state index is 14.3. The summed E-state index contributed by atoms with van der Waals surface area (Å²) in [6.45, 7) is 10.2. The van der Waals surface area contributed by atoms with Gasteiger partial charge in [-0.25, -0.2) is 0 Å². The van der Waals surface area contributed by atoms with Crippen molar-refractivity contribution in [2.75, 3.05) is 19.6 Å². The van der Waals surface area contributed by atoms with Crippen LogP contribution >= 0.6 is 0 Å². The highest BCUT2D eigenvalue weighted by Gasteiger charge is 2.28. The predicted molar refractivity (Wildman–Crippen MR) is 192 cm³/mol. The first-order chi connectivity index (χ1) is 23.2. The number of amides is 1. The number of aromatic hydroxyl groups is 1. The van der Waals surface area contributed by atoms with Crippen molar-refractivity contribution >= 4 is 17.3 Å². The number of nitrogens with two attached hydrogens (primary N) is 2. The SMILES string of the molecule is CCCCNC(CN(CC(CC)C(N)CCC)C(=O)c1cccc(N=Nc2c(-c3ccccc3)c(C#N)c(O)[nH]c2=O)c1)C(N)CCC. The number of nitrogens with one attached hydrogen (secondary N) is 2. The molecule has 4 atom stereocenters. The van der Waals surface area contributed by atoms with Crippen molar-refractivity contribution < 1.29 is 9.90 Å². The first-order valence-corrected chi connectivity index (χ1v) is 17.2. The number of benzene rings is 2. The van der Waals surface area contributed by atoms with E-state index >= 15 is 0 Å². The van der Waals surface area contributed by atoms with Crippen molar-refractivity contribution in [1.82, 2.24) is 15.2 Å². The molecule has 0 aliphatic heterocycles. The lowest BCUT2D eigenvalue weighted by Gasteiger charge is -2.35. The Hall–Kier alpha value is -4.37. The summed E-state index contributed by atoms with van der Waals surface area (Å²) in [6, 6.07) is 17.2. The van der Waals surface area contributed by atoms with Gasteiger partial charge in [0.05, 0.1) is 5.69 Å². The maximum atomic E-state index is 14.3. The summed E-state index contributed by atoms with van der Waals surface area (Å²) < 4.78 is 0. The Bertz CT molecular complexity index is 1580. The van der Waals surface area contributed by atoms with Gasteiger partial charge in [0.2, 0.25) is 5.88 Å². The highest BCUT2D eigenvalue weighted by molar-refractivity contribution is 5.95. The third-order valence-corrected chi connectivity index (χ3v) is 8.69. The summed E-state index contributed by atoms with van der Waals surface area (Å²) >= 11 is 0. The number of pyridine rings is 1. The van der Waals surface area contributed by atoms with Gasteiger partial charge < -0.3 is 26.8 Å². The van der Waals surface area contributed by atoms with Crippen LogP contribution in [0, 0.1) is 17.2 Å². The van der Waals surface area contributed by atoms with E-state index in [1.807, 2.05) is 11.0 Å². The lowest BCUT2D eigenvalue weighted by molar-refractivity contribution is 0.0688. The van der Waals surface area contributed by atoms with Crippen LogP contribution in [0.5, 0.6) is 5.88 Å². The first-order valence-electron chi connectivity index (χ1n) is 17.2. The maximum Gasteiger partial charge on any atom is 0.279 e. The zero-order valence-corrected chi connectivity index (χ0v) is 28.8. The van der Waals surface area contributed by atoms with E-state index in [1.54, 1.807) is 54.6 Å². The minimum atomic E-state index is -0.702. The summed E-state index contributed by atoms with van der Waals surface area (Å²) in [5.74, 6) is -0.597. The molecule has 1 amide bonds. The summed E-state index contributed by atoms with van der Waals surface area (Å²) in [4.78, 5) is 31.4. The molecule has 0 bridgehead atoms. The highest BCUT2D eigenvalue weighted by atomic mass is 16.3. The molecule has 0 saturated heterocycles. The van der Waals surface area contributed by atoms with Crippen LogP contribution in [0.2, 0.25) is 0 Å². The molecule has 7 N–H and O–H groups in total. The quantitative estimate of drug-likeness (QED) is 0.0718. The number of unbranched alkanes of at least 4 members (excludes halogenated alkanes) is 1. The first kappa shape index (κ1) is 38.1. The number of azo groups is 1. The molecule has 4 unspecified atom stereocenters.